The van der Waals surface area contributed by atoms with Crippen LogP contribution in [0.1, 0.15) is 29.0 Å². The molecule has 1 saturated carbocycles. The van der Waals surface area contributed by atoms with Crippen LogP contribution in [0.25, 0.3) is 4.85 Å². The maximum Gasteiger partial charge on any atom is 0.307 e. The monoisotopic (exact) mass is 456 g/mol. The molecule has 2 unspecified atom stereocenters. The Morgan fingerprint density at radius 3 is 2.24 bits per heavy atom. The molecule has 0 heterocycles. The average Bonchev–Trinajstić information content (AvgIpc) is 3.68. The molecule has 1 N–H and O–H groups in total. The molecular weight excluding hydrogens is 432 g/mol. The van der Waals surface area contributed by atoms with Gasteiger partial charge in [0.25, 0.3) is 0 Å². The van der Waals surface area contributed by atoms with Crippen molar-refractivity contribution < 1.29 is 24.2 Å². The topological polar surface area (TPSA) is 81.7 Å². The molecule has 0 saturated heterocycles. The van der Waals surface area contributed by atoms with Crippen molar-refractivity contribution >= 4 is 17.4 Å². The van der Waals surface area contributed by atoms with Crippen molar-refractivity contribution in [3.05, 3.63) is 101 Å². The van der Waals surface area contributed by atoms with Gasteiger partial charge >= 0.3 is 5.97 Å². The lowest BCUT2D eigenvalue weighted by molar-refractivity contribution is -0.138. The number of carboxylic acid groups (broad SMARTS) is 1. The largest absolute Gasteiger partial charge is 0.489 e. The average molecular weight is 456 g/mol. The van der Waals surface area contributed by atoms with Gasteiger partial charge in [0.2, 0.25) is 0 Å². The van der Waals surface area contributed by atoms with Crippen LogP contribution in [-0.2, 0) is 16.2 Å². The first kappa shape index (κ1) is 22.9. The smallest absolute Gasteiger partial charge is 0.307 e. The zero-order chi connectivity index (χ0) is 23.9. The molecule has 1 aliphatic carbocycles. The number of ether oxygens (including phenoxy) is 2. The molecule has 1 fully saturated rings. The molecule has 0 aromatic heterocycles. The molecule has 34 heavy (non-hydrogen) atoms. The lowest BCUT2D eigenvalue weighted by Gasteiger charge is -2.10. The van der Waals surface area contributed by atoms with Crippen LogP contribution in [0.15, 0.2) is 78.0 Å². The Morgan fingerprint density at radius 1 is 1.00 bits per heavy atom. The second-order valence-corrected chi connectivity index (χ2v) is 7.96. The van der Waals surface area contributed by atoms with Gasteiger partial charge in [0.15, 0.2) is 5.69 Å². The molecule has 0 spiro atoms. The molecule has 1 aliphatic rings. The first-order valence-electron chi connectivity index (χ1n) is 10.8. The minimum atomic E-state index is -0.727. The molecule has 3 aromatic carbocycles. The molecule has 7 nitrogen and oxygen atoms in total. The fourth-order valence-electron chi connectivity index (χ4n) is 3.65. The number of oxime groups is 1. The summed E-state index contributed by atoms with van der Waals surface area (Å²) in [7, 11) is 1.48. The Morgan fingerprint density at radius 2 is 1.65 bits per heavy atom. The third kappa shape index (κ3) is 5.73. The van der Waals surface area contributed by atoms with E-state index in [9.17, 15) is 4.79 Å². The zero-order valence-corrected chi connectivity index (χ0v) is 18.7. The molecule has 172 valence electrons. The molecule has 0 bridgehead atoms. The highest BCUT2D eigenvalue weighted by Crippen LogP contribution is 2.47. The third-order valence-corrected chi connectivity index (χ3v) is 5.65. The summed E-state index contributed by atoms with van der Waals surface area (Å²) in [5.41, 5.74) is 4.04. The van der Waals surface area contributed by atoms with Crippen molar-refractivity contribution in [2.24, 2.45) is 11.1 Å². The van der Waals surface area contributed by atoms with Gasteiger partial charge in [-0.1, -0.05) is 53.7 Å². The minimum Gasteiger partial charge on any atom is -0.489 e. The molecular formula is C27H24N2O5. The van der Waals surface area contributed by atoms with Crippen LogP contribution in [0.5, 0.6) is 11.5 Å². The van der Waals surface area contributed by atoms with E-state index >= 15 is 0 Å². The van der Waals surface area contributed by atoms with Crippen molar-refractivity contribution in [3.63, 3.8) is 0 Å². The summed E-state index contributed by atoms with van der Waals surface area (Å²) in [6, 6.07) is 22.3. The van der Waals surface area contributed by atoms with E-state index in [0.29, 0.717) is 30.2 Å². The fourth-order valence-corrected chi connectivity index (χ4v) is 3.65. The van der Waals surface area contributed by atoms with E-state index in [1.54, 1.807) is 12.1 Å². The summed E-state index contributed by atoms with van der Waals surface area (Å²) in [5.74, 6) is 0.560. The molecule has 7 heteroatoms. The first-order chi connectivity index (χ1) is 16.6. The SMILES string of the molecule is [C-]#[N+]c1ccc(/C(COc2ccc(COc3ccc(C4CC4C(=O)O)cc3)cc2)=N/OC)cc1. The number of hydrogen-bond donors (Lipinski definition) is 1. The van der Waals surface area contributed by atoms with Crippen molar-refractivity contribution in [1.29, 1.82) is 0 Å². The van der Waals surface area contributed by atoms with E-state index in [1.807, 2.05) is 60.7 Å². The first-order valence-corrected chi connectivity index (χ1v) is 10.8. The summed E-state index contributed by atoms with van der Waals surface area (Å²) in [5, 5.41) is 13.1. The zero-order valence-electron chi connectivity index (χ0n) is 18.7. The van der Waals surface area contributed by atoms with Crippen molar-refractivity contribution in [2.75, 3.05) is 13.7 Å². The lowest BCUT2D eigenvalue weighted by atomic mass is 10.1. The summed E-state index contributed by atoms with van der Waals surface area (Å²) >= 11 is 0. The summed E-state index contributed by atoms with van der Waals surface area (Å²) in [6.45, 7) is 7.68. The van der Waals surface area contributed by atoms with Crippen molar-refractivity contribution in [2.45, 2.75) is 18.9 Å². The van der Waals surface area contributed by atoms with Crippen LogP contribution >= 0.6 is 0 Å². The van der Waals surface area contributed by atoms with E-state index in [1.165, 1.54) is 7.11 Å². The van der Waals surface area contributed by atoms with Crippen molar-refractivity contribution in [3.8, 4) is 11.5 Å². The Balaban J connectivity index is 1.28. The molecule has 0 aliphatic heterocycles. The molecule has 0 amide bonds. The van der Waals surface area contributed by atoms with Crippen LogP contribution in [0.3, 0.4) is 0 Å². The maximum absolute atomic E-state index is 11.0. The normalized spacial score (nSPS) is 16.9. The van der Waals surface area contributed by atoms with Crippen molar-refractivity contribution in [1.82, 2.24) is 0 Å². The van der Waals surface area contributed by atoms with Crippen LogP contribution < -0.4 is 9.47 Å². The van der Waals surface area contributed by atoms with Gasteiger partial charge in [0, 0.05) is 5.56 Å². The van der Waals surface area contributed by atoms with Crippen LogP contribution in [0, 0.1) is 12.5 Å². The second-order valence-electron chi connectivity index (χ2n) is 7.96. The van der Waals surface area contributed by atoms with Crippen LogP contribution in [0.2, 0.25) is 0 Å². The van der Waals surface area contributed by atoms with Crippen LogP contribution in [-0.4, -0.2) is 30.5 Å². The number of aliphatic carboxylic acids is 1. The van der Waals surface area contributed by atoms with E-state index in [-0.39, 0.29) is 18.4 Å². The van der Waals surface area contributed by atoms with Gasteiger partial charge in [-0.2, -0.15) is 0 Å². The van der Waals surface area contributed by atoms with Gasteiger partial charge in [-0.25, -0.2) is 4.85 Å². The Hall–Kier alpha value is -4.31. The molecule has 4 rings (SSSR count). The quantitative estimate of drug-likeness (QED) is 0.250. The predicted molar refractivity (Wildman–Crippen MR) is 127 cm³/mol. The van der Waals surface area contributed by atoms with Gasteiger partial charge in [0.1, 0.15) is 37.5 Å². The lowest BCUT2D eigenvalue weighted by Crippen LogP contribution is -2.13. The van der Waals surface area contributed by atoms with E-state index in [4.69, 9.17) is 26.0 Å². The van der Waals surface area contributed by atoms with Gasteiger partial charge in [-0.3, -0.25) is 4.79 Å². The summed E-state index contributed by atoms with van der Waals surface area (Å²) in [4.78, 5) is 19.4. The minimum absolute atomic E-state index is 0.117. The number of hydrogen-bond acceptors (Lipinski definition) is 5. The molecule has 2 atom stereocenters. The maximum atomic E-state index is 11.0. The molecule has 3 aromatic rings. The number of nitrogens with zero attached hydrogens (tertiary/aromatic N) is 2. The second kappa shape index (κ2) is 10.5. The van der Waals surface area contributed by atoms with Gasteiger partial charge < -0.3 is 19.4 Å². The molecule has 0 radical (unpaired) electrons. The van der Waals surface area contributed by atoms with E-state index in [2.05, 4.69) is 10.0 Å². The number of carbonyl (C=O) groups is 1. The highest BCUT2D eigenvalue weighted by atomic mass is 16.6. The number of benzene rings is 3. The summed E-state index contributed by atoms with van der Waals surface area (Å²) in [6.07, 6.45) is 0.706. The Labute approximate surface area is 198 Å². The predicted octanol–water partition coefficient (Wildman–Crippen LogP) is 5.43. The van der Waals surface area contributed by atoms with Crippen LogP contribution in [0.4, 0.5) is 5.69 Å². The van der Waals surface area contributed by atoms with E-state index < -0.39 is 5.97 Å². The summed E-state index contributed by atoms with van der Waals surface area (Å²) < 4.78 is 11.7. The van der Waals surface area contributed by atoms with E-state index in [0.717, 1.165) is 22.4 Å². The highest BCUT2D eigenvalue weighted by molar-refractivity contribution is 6.01. The number of carboxylic acids is 1. The van der Waals surface area contributed by atoms with Gasteiger partial charge in [-0.15, -0.1) is 0 Å². The number of rotatable bonds is 10. The highest BCUT2D eigenvalue weighted by Gasteiger charge is 2.44. The third-order valence-electron chi connectivity index (χ3n) is 5.65. The fraction of sp³-hybridized carbons (Fsp3) is 0.222. The Bertz CT molecular complexity index is 1200. The van der Waals surface area contributed by atoms with Gasteiger partial charge in [-0.05, 0) is 47.7 Å². The standard InChI is InChI=1S/C27H24N2O5/c1-28-21-9-5-20(6-10-21)26(29-32-2)17-34-22-11-3-18(4-12-22)16-33-23-13-7-19(8-14-23)24-15-25(24)27(30)31/h3-14,24-25H,15-17H2,2H3,(H,30,31)/b29-26+. The van der Waals surface area contributed by atoms with Gasteiger partial charge in [0.05, 0.1) is 12.5 Å². The Kier molecular flexibility index (Phi) is 7.09.